The van der Waals surface area contributed by atoms with Crippen LogP contribution in [0.4, 0.5) is 8.78 Å². The molecule has 1 aliphatic heterocycles. The molecule has 0 unspecified atom stereocenters. The summed E-state index contributed by atoms with van der Waals surface area (Å²) in [6.07, 6.45) is -3.60. The molecule has 1 saturated heterocycles. The Hall–Kier alpha value is -0.710. The number of rotatable bonds is 0. The first-order valence-corrected chi connectivity index (χ1v) is 2.81. The van der Waals surface area contributed by atoms with Gasteiger partial charge in [-0.05, 0) is 0 Å². The van der Waals surface area contributed by atoms with Crippen LogP contribution in [-0.2, 0) is 9.53 Å². The molecule has 0 spiro atoms. The highest BCUT2D eigenvalue weighted by Crippen LogP contribution is 2.21. The number of amides is 1. The van der Waals surface area contributed by atoms with E-state index in [1.807, 2.05) is 0 Å². The average molecular weight is 151 g/mol. The quantitative estimate of drug-likeness (QED) is 0.490. The molecular weight excluding hydrogens is 144 g/mol. The van der Waals surface area contributed by atoms with Crippen molar-refractivity contribution in [1.82, 2.24) is 4.90 Å². The van der Waals surface area contributed by atoms with Gasteiger partial charge in [0.05, 0.1) is 6.61 Å². The molecule has 1 amide bonds. The van der Waals surface area contributed by atoms with Crippen molar-refractivity contribution < 1.29 is 18.3 Å². The van der Waals surface area contributed by atoms with Crippen molar-refractivity contribution in [3.8, 4) is 0 Å². The van der Waals surface area contributed by atoms with Gasteiger partial charge in [0.2, 0.25) is 0 Å². The summed E-state index contributed by atoms with van der Waals surface area (Å²) in [4.78, 5) is 11.4. The van der Waals surface area contributed by atoms with E-state index in [-0.39, 0.29) is 13.2 Å². The number of likely N-dealkylation sites (N-methyl/N-ethyl adjacent to an activating group) is 1. The van der Waals surface area contributed by atoms with Crippen LogP contribution in [0.2, 0.25) is 0 Å². The van der Waals surface area contributed by atoms with Gasteiger partial charge in [0.25, 0.3) is 0 Å². The Morgan fingerprint density at radius 1 is 1.70 bits per heavy atom. The standard InChI is InChI=1S/C5H7F2NO2/c1-8-2-3-10-5(6,7)4(8)9/h2-3H2,1H3. The molecule has 0 aromatic carbocycles. The van der Waals surface area contributed by atoms with Gasteiger partial charge >= 0.3 is 12.0 Å². The lowest BCUT2D eigenvalue weighted by Gasteiger charge is -2.28. The first-order valence-electron chi connectivity index (χ1n) is 2.81. The van der Waals surface area contributed by atoms with Gasteiger partial charge in [-0.2, -0.15) is 8.78 Å². The SMILES string of the molecule is CN1CCOC(F)(F)C1=O. The summed E-state index contributed by atoms with van der Waals surface area (Å²) in [5.41, 5.74) is 0. The molecule has 10 heavy (non-hydrogen) atoms. The van der Waals surface area contributed by atoms with E-state index in [9.17, 15) is 13.6 Å². The molecule has 0 bridgehead atoms. The fraction of sp³-hybridized carbons (Fsp3) is 0.800. The fourth-order valence-corrected chi connectivity index (χ4v) is 0.696. The van der Waals surface area contributed by atoms with Gasteiger partial charge in [0.1, 0.15) is 0 Å². The Morgan fingerprint density at radius 3 is 2.70 bits per heavy atom. The molecule has 0 atom stereocenters. The van der Waals surface area contributed by atoms with Crippen LogP contribution in [0.3, 0.4) is 0 Å². The van der Waals surface area contributed by atoms with E-state index >= 15 is 0 Å². The smallest absolute Gasteiger partial charge is 0.336 e. The average Bonchev–Trinajstić information content (AvgIpc) is 1.83. The van der Waals surface area contributed by atoms with Gasteiger partial charge in [-0.15, -0.1) is 0 Å². The second-order valence-corrected chi connectivity index (χ2v) is 2.09. The zero-order valence-corrected chi connectivity index (χ0v) is 5.43. The lowest BCUT2D eigenvalue weighted by Crippen LogP contribution is -2.49. The monoisotopic (exact) mass is 151 g/mol. The summed E-state index contributed by atoms with van der Waals surface area (Å²) in [5.74, 6) is -1.27. The van der Waals surface area contributed by atoms with Crippen LogP contribution in [0.25, 0.3) is 0 Å². The molecular formula is C5H7F2NO2. The largest absolute Gasteiger partial charge is 0.436 e. The Labute approximate surface area is 56.6 Å². The summed E-state index contributed by atoms with van der Waals surface area (Å²) < 4.78 is 28.4. The minimum absolute atomic E-state index is 0.102. The van der Waals surface area contributed by atoms with Gasteiger partial charge in [-0.1, -0.05) is 0 Å². The highest BCUT2D eigenvalue weighted by molar-refractivity contribution is 5.82. The fourth-order valence-electron chi connectivity index (χ4n) is 0.696. The summed E-state index contributed by atoms with van der Waals surface area (Å²) in [5, 5.41) is 0. The predicted octanol–water partition coefficient (Wildman–Crippen LogP) is 0.0678. The molecule has 1 heterocycles. The van der Waals surface area contributed by atoms with Gasteiger partial charge in [-0.25, -0.2) is 0 Å². The van der Waals surface area contributed by atoms with Crippen LogP contribution in [0.5, 0.6) is 0 Å². The lowest BCUT2D eigenvalue weighted by molar-refractivity contribution is -0.253. The highest BCUT2D eigenvalue weighted by atomic mass is 19.3. The van der Waals surface area contributed by atoms with Crippen LogP contribution >= 0.6 is 0 Å². The van der Waals surface area contributed by atoms with Crippen molar-refractivity contribution in [2.45, 2.75) is 6.11 Å². The van der Waals surface area contributed by atoms with E-state index in [0.717, 1.165) is 4.90 Å². The van der Waals surface area contributed by atoms with Crippen molar-refractivity contribution in [2.24, 2.45) is 0 Å². The second kappa shape index (κ2) is 2.16. The minimum Gasteiger partial charge on any atom is -0.336 e. The normalized spacial score (nSPS) is 25.1. The van der Waals surface area contributed by atoms with E-state index in [4.69, 9.17) is 0 Å². The number of carbonyl (C=O) groups excluding carboxylic acids is 1. The molecule has 0 radical (unpaired) electrons. The van der Waals surface area contributed by atoms with Crippen LogP contribution in [0.15, 0.2) is 0 Å². The number of carbonyl (C=O) groups is 1. The topological polar surface area (TPSA) is 29.5 Å². The Morgan fingerprint density at radius 2 is 2.30 bits per heavy atom. The van der Waals surface area contributed by atoms with E-state index in [1.54, 1.807) is 0 Å². The first-order chi connectivity index (χ1) is 4.54. The molecule has 5 heteroatoms. The highest BCUT2D eigenvalue weighted by Gasteiger charge is 2.45. The second-order valence-electron chi connectivity index (χ2n) is 2.09. The van der Waals surface area contributed by atoms with Crippen LogP contribution in [-0.4, -0.2) is 37.1 Å². The number of nitrogens with zero attached hydrogens (tertiary/aromatic N) is 1. The zero-order valence-electron chi connectivity index (χ0n) is 5.43. The molecule has 58 valence electrons. The number of hydrogen-bond donors (Lipinski definition) is 0. The molecule has 0 aromatic heterocycles. The molecule has 0 aromatic rings. The number of hydrogen-bond acceptors (Lipinski definition) is 2. The van der Waals surface area contributed by atoms with Crippen molar-refractivity contribution in [1.29, 1.82) is 0 Å². The predicted molar refractivity (Wildman–Crippen MR) is 28.5 cm³/mol. The van der Waals surface area contributed by atoms with Crippen LogP contribution in [0, 0.1) is 0 Å². The van der Waals surface area contributed by atoms with Gasteiger partial charge < -0.3 is 9.64 Å². The zero-order chi connectivity index (χ0) is 7.78. The van der Waals surface area contributed by atoms with Crippen molar-refractivity contribution in [3.63, 3.8) is 0 Å². The van der Waals surface area contributed by atoms with E-state index < -0.39 is 12.0 Å². The van der Waals surface area contributed by atoms with E-state index in [0.29, 0.717) is 0 Å². The Bertz CT molecular complexity index is 160. The van der Waals surface area contributed by atoms with Crippen molar-refractivity contribution >= 4 is 5.91 Å². The molecule has 0 N–H and O–H groups in total. The number of halogens is 2. The maximum Gasteiger partial charge on any atom is 0.436 e. The van der Waals surface area contributed by atoms with Gasteiger partial charge in [-0.3, -0.25) is 4.79 Å². The number of ether oxygens (including phenoxy) is 1. The van der Waals surface area contributed by atoms with Crippen LogP contribution in [0.1, 0.15) is 0 Å². The lowest BCUT2D eigenvalue weighted by atomic mass is 10.4. The molecule has 3 nitrogen and oxygen atoms in total. The third-order valence-electron chi connectivity index (χ3n) is 1.31. The van der Waals surface area contributed by atoms with E-state index in [1.165, 1.54) is 7.05 Å². The Balaban J connectivity index is 2.70. The Kier molecular flexibility index (Phi) is 1.60. The number of alkyl halides is 2. The minimum atomic E-state index is -3.60. The van der Waals surface area contributed by atoms with E-state index in [2.05, 4.69) is 4.74 Å². The molecule has 1 aliphatic rings. The third-order valence-corrected chi connectivity index (χ3v) is 1.31. The van der Waals surface area contributed by atoms with Crippen molar-refractivity contribution in [3.05, 3.63) is 0 Å². The molecule has 0 saturated carbocycles. The summed E-state index contributed by atoms with van der Waals surface area (Å²) in [7, 11) is 1.32. The summed E-state index contributed by atoms with van der Waals surface area (Å²) in [6, 6.07) is 0. The van der Waals surface area contributed by atoms with Crippen LogP contribution < -0.4 is 0 Å². The summed E-state index contributed by atoms with van der Waals surface area (Å²) >= 11 is 0. The van der Waals surface area contributed by atoms with Crippen molar-refractivity contribution in [2.75, 3.05) is 20.2 Å². The molecule has 0 aliphatic carbocycles. The number of morpholine rings is 1. The van der Waals surface area contributed by atoms with Gasteiger partial charge in [0.15, 0.2) is 0 Å². The third kappa shape index (κ3) is 1.09. The molecule has 1 rings (SSSR count). The first kappa shape index (κ1) is 7.40. The maximum absolute atomic E-state index is 12.2. The molecule has 1 fully saturated rings. The van der Waals surface area contributed by atoms with Gasteiger partial charge in [0, 0.05) is 13.6 Å². The maximum atomic E-state index is 12.2. The summed E-state index contributed by atoms with van der Waals surface area (Å²) in [6.45, 7) is 0.129.